The second-order valence-corrected chi connectivity index (χ2v) is 6.53. The Kier molecular flexibility index (Phi) is 3.99. The van der Waals surface area contributed by atoms with E-state index < -0.39 is 5.54 Å². The second kappa shape index (κ2) is 5.77. The predicted molar refractivity (Wildman–Crippen MR) is 80.5 cm³/mol. The zero-order chi connectivity index (χ0) is 14.9. The number of fused-ring (bicyclic) bond motifs is 1. The molecular formula is C15H25N5O. The molecule has 1 atom stereocenters. The van der Waals surface area contributed by atoms with Crippen LogP contribution >= 0.6 is 0 Å². The smallest absolute Gasteiger partial charge is 0.237 e. The molecule has 21 heavy (non-hydrogen) atoms. The van der Waals surface area contributed by atoms with Crippen LogP contribution in [-0.2, 0) is 17.9 Å². The van der Waals surface area contributed by atoms with Gasteiger partial charge in [0.1, 0.15) is 5.82 Å². The van der Waals surface area contributed by atoms with Crippen molar-refractivity contribution in [3.05, 3.63) is 18.2 Å². The summed E-state index contributed by atoms with van der Waals surface area (Å²) in [5.74, 6) is 0.901. The average molecular weight is 291 g/mol. The standard InChI is InChI=1S/C15H25N5O/c1-15(14(16)21,18-12-3-4-12)5-2-7-19-9-10-20-8-6-17-13(20)11-19/h6,8,12,18H,2-5,7,9-11H2,1H3,(H2,16,21). The van der Waals surface area contributed by atoms with Crippen LogP contribution in [0.1, 0.15) is 38.4 Å². The molecule has 1 fully saturated rings. The molecular weight excluding hydrogens is 266 g/mol. The SMILES string of the molecule is CC(CCCN1CCn2ccnc2C1)(NC1CC1)C(N)=O. The van der Waals surface area contributed by atoms with Gasteiger partial charge in [0.2, 0.25) is 5.91 Å². The molecule has 116 valence electrons. The second-order valence-electron chi connectivity index (χ2n) is 6.53. The minimum atomic E-state index is -0.560. The highest BCUT2D eigenvalue weighted by Gasteiger charge is 2.36. The van der Waals surface area contributed by atoms with Gasteiger partial charge in [0.15, 0.2) is 0 Å². The normalized spacial score (nSPS) is 21.8. The Balaban J connectivity index is 1.47. The van der Waals surface area contributed by atoms with Gasteiger partial charge in [-0.3, -0.25) is 9.69 Å². The number of hydrogen-bond donors (Lipinski definition) is 2. The van der Waals surface area contributed by atoms with Crippen molar-refractivity contribution in [2.45, 2.75) is 57.3 Å². The third kappa shape index (κ3) is 3.44. The molecule has 2 aliphatic rings. The van der Waals surface area contributed by atoms with Crippen molar-refractivity contribution in [1.29, 1.82) is 0 Å². The summed E-state index contributed by atoms with van der Waals surface area (Å²) in [6.45, 7) is 5.88. The van der Waals surface area contributed by atoms with Crippen molar-refractivity contribution in [3.63, 3.8) is 0 Å². The Bertz CT molecular complexity index is 510. The predicted octanol–water partition coefficient (Wildman–Crippen LogP) is 0.475. The van der Waals surface area contributed by atoms with E-state index in [1.807, 2.05) is 19.3 Å². The van der Waals surface area contributed by atoms with Crippen molar-refractivity contribution < 1.29 is 4.79 Å². The molecule has 1 aliphatic heterocycles. The van der Waals surface area contributed by atoms with Gasteiger partial charge >= 0.3 is 0 Å². The third-order valence-electron chi connectivity index (χ3n) is 4.62. The lowest BCUT2D eigenvalue weighted by Gasteiger charge is -2.31. The molecule has 6 nitrogen and oxygen atoms in total. The zero-order valence-corrected chi connectivity index (χ0v) is 12.7. The first kappa shape index (κ1) is 14.5. The maximum absolute atomic E-state index is 11.7. The van der Waals surface area contributed by atoms with Gasteiger partial charge in [-0.2, -0.15) is 0 Å². The summed E-state index contributed by atoms with van der Waals surface area (Å²) in [5.41, 5.74) is 5.03. The van der Waals surface area contributed by atoms with Crippen LogP contribution in [0.4, 0.5) is 0 Å². The number of nitrogens with one attached hydrogen (secondary N) is 1. The van der Waals surface area contributed by atoms with Crippen LogP contribution < -0.4 is 11.1 Å². The molecule has 0 saturated heterocycles. The Labute approximate surface area is 125 Å². The van der Waals surface area contributed by atoms with Gasteiger partial charge in [0.05, 0.1) is 12.1 Å². The van der Waals surface area contributed by atoms with E-state index in [-0.39, 0.29) is 5.91 Å². The lowest BCUT2D eigenvalue weighted by molar-refractivity contribution is -0.124. The average Bonchev–Trinajstić information content (AvgIpc) is 3.13. The van der Waals surface area contributed by atoms with Gasteiger partial charge in [0, 0.05) is 31.5 Å². The van der Waals surface area contributed by atoms with Gasteiger partial charge < -0.3 is 15.6 Å². The first-order chi connectivity index (χ1) is 10.1. The number of amides is 1. The highest BCUT2D eigenvalue weighted by Crippen LogP contribution is 2.25. The molecule has 1 aromatic rings. The number of nitrogens with two attached hydrogens (primary N) is 1. The summed E-state index contributed by atoms with van der Waals surface area (Å²) >= 11 is 0. The molecule has 2 heterocycles. The van der Waals surface area contributed by atoms with Crippen LogP contribution in [0.3, 0.4) is 0 Å². The summed E-state index contributed by atoms with van der Waals surface area (Å²) in [6, 6.07) is 0.491. The number of hydrogen-bond acceptors (Lipinski definition) is 4. The van der Waals surface area contributed by atoms with Crippen LogP contribution in [0.2, 0.25) is 0 Å². The van der Waals surface area contributed by atoms with Crippen LogP contribution in [0, 0.1) is 0 Å². The molecule has 1 aliphatic carbocycles. The Morgan fingerprint density at radius 1 is 1.52 bits per heavy atom. The monoisotopic (exact) mass is 291 g/mol. The van der Waals surface area contributed by atoms with Crippen LogP contribution in [0.15, 0.2) is 12.4 Å². The molecule has 0 bridgehead atoms. The minimum absolute atomic E-state index is 0.233. The van der Waals surface area contributed by atoms with Crippen molar-refractivity contribution >= 4 is 5.91 Å². The van der Waals surface area contributed by atoms with E-state index >= 15 is 0 Å². The van der Waals surface area contributed by atoms with E-state index in [2.05, 4.69) is 19.8 Å². The molecule has 6 heteroatoms. The lowest BCUT2D eigenvalue weighted by Crippen LogP contribution is -2.54. The largest absolute Gasteiger partial charge is 0.368 e. The molecule has 1 unspecified atom stereocenters. The first-order valence-corrected chi connectivity index (χ1v) is 7.87. The highest BCUT2D eigenvalue weighted by atomic mass is 16.1. The zero-order valence-electron chi connectivity index (χ0n) is 12.7. The summed E-state index contributed by atoms with van der Waals surface area (Å²) in [6.07, 6.45) is 8.00. The Morgan fingerprint density at radius 2 is 2.33 bits per heavy atom. The fourth-order valence-electron chi connectivity index (χ4n) is 3.02. The Hall–Kier alpha value is -1.40. The van der Waals surface area contributed by atoms with Crippen molar-refractivity contribution in [2.75, 3.05) is 13.1 Å². The molecule has 1 aromatic heterocycles. The van der Waals surface area contributed by atoms with Crippen molar-refractivity contribution in [2.24, 2.45) is 5.73 Å². The van der Waals surface area contributed by atoms with Crippen molar-refractivity contribution in [1.82, 2.24) is 19.8 Å². The van der Waals surface area contributed by atoms with Crippen LogP contribution in [-0.4, -0.2) is 45.0 Å². The number of nitrogens with zero attached hydrogens (tertiary/aromatic N) is 3. The molecule has 3 N–H and O–H groups in total. The van der Waals surface area contributed by atoms with E-state index in [9.17, 15) is 4.79 Å². The number of imidazole rings is 1. The third-order valence-corrected chi connectivity index (χ3v) is 4.62. The fourth-order valence-corrected chi connectivity index (χ4v) is 3.02. The summed E-state index contributed by atoms with van der Waals surface area (Å²) in [5, 5.41) is 3.41. The summed E-state index contributed by atoms with van der Waals surface area (Å²) < 4.78 is 2.21. The van der Waals surface area contributed by atoms with E-state index in [0.717, 1.165) is 57.7 Å². The fraction of sp³-hybridized carbons (Fsp3) is 0.733. The van der Waals surface area contributed by atoms with Gasteiger partial charge in [-0.05, 0) is 39.2 Å². The highest BCUT2D eigenvalue weighted by molar-refractivity contribution is 5.84. The first-order valence-electron chi connectivity index (χ1n) is 7.87. The maximum atomic E-state index is 11.7. The number of primary amides is 1. The van der Waals surface area contributed by atoms with E-state index in [1.54, 1.807) is 0 Å². The van der Waals surface area contributed by atoms with E-state index in [4.69, 9.17) is 5.73 Å². The molecule has 3 rings (SSSR count). The number of aromatic nitrogens is 2. The Morgan fingerprint density at radius 3 is 3.05 bits per heavy atom. The number of carbonyl (C=O) groups excluding carboxylic acids is 1. The topological polar surface area (TPSA) is 76.2 Å². The summed E-state index contributed by atoms with van der Waals surface area (Å²) in [4.78, 5) is 18.5. The van der Waals surface area contributed by atoms with Gasteiger partial charge in [-0.1, -0.05) is 0 Å². The molecule has 1 saturated carbocycles. The van der Waals surface area contributed by atoms with Crippen molar-refractivity contribution in [3.8, 4) is 0 Å². The molecule has 1 amide bonds. The quantitative estimate of drug-likeness (QED) is 0.766. The maximum Gasteiger partial charge on any atom is 0.237 e. The van der Waals surface area contributed by atoms with Gasteiger partial charge in [-0.25, -0.2) is 4.98 Å². The molecule has 0 radical (unpaired) electrons. The molecule has 0 spiro atoms. The molecule has 0 aromatic carbocycles. The van der Waals surface area contributed by atoms with Crippen LogP contribution in [0.25, 0.3) is 0 Å². The van der Waals surface area contributed by atoms with Crippen LogP contribution in [0.5, 0.6) is 0 Å². The number of rotatable bonds is 7. The minimum Gasteiger partial charge on any atom is -0.368 e. The summed E-state index contributed by atoms with van der Waals surface area (Å²) in [7, 11) is 0. The van der Waals surface area contributed by atoms with E-state index in [0.29, 0.717) is 6.04 Å². The number of carbonyl (C=O) groups is 1. The van der Waals surface area contributed by atoms with Gasteiger partial charge in [-0.15, -0.1) is 0 Å². The van der Waals surface area contributed by atoms with E-state index in [1.165, 1.54) is 0 Å². The van der Waals surface area contributed by atoms with Gasteiger partial charge in [0.25, 0.3) is 0 Å². The lowest BCUT2D eigenvalue weighted by atomic mass is 9.94.